The van der Waals surface area contributed by atoms with Gasteiger partial charge in [0.1, 0.15) is 12.6 Å². The third-order valence-corrected chi connectivity index (χ3v) is 6.67. The molecule has 5 rings (SSSR count). The van der Waals surface area contributed by atoms with E-state index in [1.54, 1.807) is 27.9 Å². The van der Waals surface area contributed by atoms with Gasteiger partial charge in [0.25, 0.3) is 5.91 Å². The van der Waals surface area contributed by atoms with Gasteiger partial charge >= 0.3 is 0 Å². The predicted octanol–water partition coefficient (Wildman–Crippen LogP) is -0.465. The van der Waals surface area contributed by atoms with E-state index in [9.17, 15) is 19.2 Å². The minimum Gasteiger partial charge on any atom is -0.372 e. The summed E-state index contributed by atoms with van der Waals surface area (Å²) in [6, 6.07) is 4.54. The number of hydrogen-bond donors (Lipinski definition) is 2. The van der Waals surface area contributed by atoms with Gasteiger partial charge in [-0.3, -0.25) is 24.5 Å². The number of nitrogens with one attached hydrogen (secondary N) is 1. The average Bonchev–Trinajstić information content (AvgIpc) is 3.42. The lowest BCUT2D eigenvalue weighted by Crippen LogP contribution is -2.54. The van der Waals surface area contributed by atoms with E-state index in [2.05, 4.69) is 15.6 Å². The Morgan fingerprint density at radius 1 is 1.20 bits per heavy atom. The summed E-state index contributed by atoms with van der Waals surface area (Å²) in [5.74, 6) is -1.02. The molecule has 0 spiro atoms. The highest BCUT2D eigenvalue weighted by atomic mass is 16.5. The third kappa shape index (κ3) is 4.42. The first-order valence-electron chi connectivity index (χ1n) is 11.7. The number of piperidine rings is 1. The molecule has 1 fully saturated rings. The van der Waals surface area contributed by atoms with E-state index in [1.165, 1.54) is 0 Å². The Hall–Kier alpha value is -3.64. The zero-order chi connectivity index (χ0) is 24.5. The Balaban J connectivity index is 1.22. The highest BCUT2D eigenvalue weighted by Gasteiger charge is 2.47. The third-order valence-electron chi connectivity index (χ3n) is 6.67. The van der Waals surface area contributed by atoms with Gasteiger partial charge in [-0.1, -0.05) is 11.3 Å². The van der Waals surface area contributed by atoms with E-state index in [1.807, 2.05) is 11.0 Å². The van der Waals surface area contributed by atoms with Crippen LogP contribution >= 0.6 is 0 Å². The van der Waals surface area contributed by atoms with E-state index in [0.29, 0.717) is 50.3 Å². The number of hydrogen-bond acceptors (Lipinski definition) is 9. The number of carbonyl (C=O) groups is 4. The van der Waals surface area contributed by atoms with E-state index in [0.717, 1.165) is 11.3 Å². The van der Waals surface area contributed by atoms with Gasteiger partial charge in [-0.05, 0) is 25.0 Å². The monoisotopic (exact) mass is 481 g/mol. The summed E-state index contributed by atoms with van der Waals surface area (Å²) in [5, 5.41) is 10.2. The van der Waals surface area contributed by atoms with Crippen LogP contribution in [-0.4, -0.2) is 75.7 Å². The second-order valence-electron chi connectivity index (χ2n) is 8.91. The minimum atomic E-state index is -0.669. The number of rotatable bonds is 9. The van der Waals surface area contributed by atoms with Crippen LogP contribution in [0.3, 0.4) is 0 Å². The smallest absolute Gasteiger partial charge is 0.255 e. The minimum absolute atomic E-state index is 0.0330. The molecule has 4 heterocycles. The van der Waals surface area contributed by atoms with E-state index >= 15 is 0 Å². The molecule has 2 aromatic rings. The van der Waals surface area contributed by atoms with Gasteiger partial charge < -0.3 is 20.3 Å². The Morgan fingerprint density at radius 2 is 2.06 bits per heavy atom. The molecule has 184 valence electrons. The number of aromatic nitrogens is 3. The van der Waals surface area contributed by atoms with E-state index in [-0.39, 0.29) is 43.2 Å². The number of ketones is 1. The molecule has 12 nitrogen and oxygen atoms in total. The number of amides is 3. The number of ether oxygens (including phenoxy) is 1. The van der Waals surface area contributed by atoms with Crippen molar-refractivity contribution in [3.05, 3.63) is 41.2 Å². The maximum Gasteiger partial charge on any atom is 0.255 e. The van der Waals surface area contributed by atoms with Crippen molar-refractivity contribution in [1.82, 2.24) is 25.2 Å². The molecule has 2 atom stereocenters. The molecule has 12 heteroatoms. The predicted molar refractivity (Wildman–Crippen MR) is 122 cm³/mol. The number of anilines is 1. The summed E-state index contributed by atoms with van der Waals surface area (Å²) in [4.78, 5) is 53.5. The summed E-state index contributed by atoms with van der Waals surface area (Å²) in [6.45, 7) is 1.79. The Labute approximate surface area is 201 Å². The molecule has 2 unspecified atom stereocenters. The lowest BCUT2D eigenvalue weighted by Gasteiger charge is -2.39. The van der Waals surface area contributed by atoms with Gasteiger partial charge in [-0.15, -0.1) is 5.10 Å². The second kappa shape index (κ2) is 9.55. The molecule has 1 saturated heterocycles. The van der Waals surface area contributed by atoms with Gasteiger partial charge in [0.2, 0.25) is 11.8 Å². The van der Waals surface area contributed by atoms with Crippen LogP contribution in [0.2, 0.25) is 0 Å². The molecule has 3 amide bonds. The number of imide groups is 1. The summed E-state index contributed by atoms with van der Waals surface area (Å²) in [7, 11) is 0. The Morgan fingerprint density at radius 3 is 2.83 bits per heavy atom. The standard InChI is InChI=1S/C23H27N7O5/c24-10-14-11-29(27-26-14)8-9-35-13-15(31)12-28-7-6-18-21-16(2-1-3-17(21)28)23(34)30(18)19-4-5-20(32)25-22(19)33/h1-3,11,18-19H,4-10,12-13,24H2,(H,25,32,33). The first-order chi connectivity index (χ1) is 17.0. The highest BCUT2D eigenvalue weighted by Crippen LogP contribution is 2.46. The van der Waals surface area contributed by atoms with Crippen LogP contribution in [-0.2, 0) is 32.2 Å². The van der Waals surface area contributed by atoms with Crippen LogP contribution in [0.15, 0.2) is 24.4 Å². The van der Waals surface area contributed by atoms with E-state index in [4.69, 9.17) is 10.5 Å². The molecular formula is C23H27N7O5. The van der Waals surface area contributed by atoms with Crippen molar-refractivity contribution in [2.75, 3.05) is 31.2 Å². The lowest BCUT2D eigenvalue weighted by atomic mass is 9.93. The zero-order valence-corrected chi connectivity index (χ0v) is 19.2. The van der Waals surface area contributed by atoms with Gasteiger partial charge in [0, 0.05) is 42.5 Å². The molecule has 3 N–H and O–H groups in total. The first-order valence-corrected chi connectivity index (χ1v) is 11.7. The molecule has 0 aliphatic carbocycles. The van der Waals surface area contributed by atoms with Crippen LogP contribution in [0.1, 0.15) is 46.9 Å². The number of carbonyl (C=O) groups excluding carboxylic acids is 4. The normalized spacial score (nSPS) is 21.3. The van der Waals surface area contributed by atoms with E-state index < -0.39 is 11.9 Å². The van der Waals surface area contributed by atoms with Crippen molar-refractivity contribution in [3.8, 4) is 0 Å². The van der Waals surface area contributed by atoms with Gasteiger partial charge in [0.15, 0.2) is 5.78 Å². The van der Waals surface area contributed by atoms with Gasteiger partial charge in [-0.2, -0.15) is 0 Å². The lowest BCUT2D eigenvalue weighted by molar-refractivity contribution is -0.137. The molecule has 0 saturated carbocycles. The zero-order valence-electron chi connectivity index (χ0n) is 19.2. The molecular weight excluding hydrogens is 454 g/mol. The maximum atomic E-state index is 13.3. The topological polar surface area (TPSA) is 153 Å². The first kappa shape index (κ1) is 23.1. The fraction of sp³-hybridized carbons (Fsp3) is 0.478. The molecule has 35 heavy (non-hydrogen) atoms. The van der Waals surface area contributed by atoms with Crippen LogP contribution in [0.5, 0.6) is 0 Å². The van der Waals surface area contributed by atoms with Crippen molar-refractivity contribution in [2.45, 2.75) is 44.4 Å². The van der Waals surface area contributed by atoms with Gasteiger partial charge in [-0.25, -0.2) is 4.68 Å². The van der Waals surface area contributed by atoms with Gasteiger partial charge in [0.05, 0.1) is 31.4 Å². The Bertz CT molecular complexity index is 1180. The quantitative estimate of drug-likeness (QED) is 0.358. The molecule has 0 radical (unpaired) electrons. The average molecular weight is 482 g/mol. The van der Waals surface area contributed by atoms with Crippen LogP contribution < -0.4 is 16.0 Å². The van der Waals surface area contributed by atoms with Crippen molar-refractivity contribution in [2.24, 2.45) is 5.73 Å². The Kier molecular flexibility index (Phi) is 6.31. The van der Waals surface area contributed by atoms with Crippen molar-refractivity contribution >= 4 is 29.2 Å². The number of nitrogens with two attached hydrogens (primary N) is 1. The van der Waals surface area contributed by atoms with Crippen LogP contribution in [0.25, 0.3) is 0 Å². The maximum absolute atomic E-state index is 13.3. The van der Waals surface area contributed by atoms with Crippen molar-refractivity contribution < 1.29 is 23.9 Å². The number of Topliss-reactive ketones (excluding diaryl/α,β-unsaturated/α-hetero) is 1. The fourth-order valence-corrected chi connectivity index (χ4v) is 5.08. The highest BCUT2D eigenvalue weighted by molar-refractivity contribution is 6.07. The summed E-state index contributed by atoms with van der Waals surface area (Å²) < 4.78 is 7.15. The fourth-order valence-electron chi connectivity index (χ4n) is 5.08. The molecule has 3 aliphatic rings. The SMILES string of the molecule is NCc1cn(CCOCC(=O)CN2CCC3c4c(cccc42)C(=O)N3C2CCC(=O)NC2=O)nn1. The molecule has 1 aromatic heterocycles. The number of nitrogens with zero attached hydrogens (tertiary/aromatic N) is 5. The van der Waals surface area contributed by atoms with Crippen LogP contribution in [0.4, 0.5) is 5.69 Å². The molecule has 1 aromatic carbocycles. The summed E-state index contributed by atoms with van der Waals surface area (Å²) in [5.41, 5.74) is 8.44. The van der Waals surface area contributed by atoms with Crippen LogP contribution in [0, 0.1) is 0 Å². The van der Waals surface area contributed by atoms with Crippen molar-refractivity contribution in [1.29, 1.82) is 0 Å². The molecule has 3 aliphatic heterocycles. The largest absolute Gasteiger partial charge is 0.372 e. The summed E-state index contributed by atoms with van der Waals surface area (Å²) in [6.07, 6.45) is 2.86. The number of benzene rings is 1. The second-order valence-corrected chi connectivity index (χ2v) is 8.91. The molecule has 0 bridgehead atoms. The van der Waals surface area contributed by atoms with Crippen molar-refractivity contribution in [3.63, 3.8) is 0 Å². The summed E-state index contributed by atoms with van der Waals surface area (Å²) >= 11 is 0.